The van der Waals surface area contributed by atoms with E-state index in [4.69, 9.17) is 10.5 Å². The van der Waals surface area contributed by atoms with Crippen LogP contribution < -0.4 is 5.73 Å². The SMILES string of the molecule is COC(=O)c1sc(-c2ccc(C)c(Br)c2)c(C)c1N. The van der Waals surface area contributed by atoms with Gasteiger partial charge in [-0.3, -0.25) is 0 Å². The topological polar surface area (TPSA) is 52.3 Å². The Morgan fingerprint density at radius 1 is 1.37 bits per heavy atom. The van der Waals surface area contributed by atoms with Crippen LogP contribution in [0.1, 0.15) is 20.8 Å². The van der Waals surface area contributed by atoms with Crippen LogP contribution in [0.2, 0.25) is 0 Å². The van der Waals surface area contributed by atoms with E-state index >= 15 is 0 Å². The number of methoxy groups -OCH3 is 1. The molecule has 0 fully saturated rings. The monoisotopic (exact) mass is 339 g/mol. The molecule has 2 aromatic rings. The van der Waals surface area contributed by atoms with Gasteiger partial charge in [-0.15, -0.1) is 11.3 Å². The summed E-state index contributed by atoms with van der Waals surface area (Å²) >= 11 is 4.88. The molecule has 1 aromatic carbocycles. The molecule has 0 bridgehead atoms. The van der Waals surface area contributed by atoms with E-state index in [1.165, 1.54) is 24.0 Å². The summed E-state index contributed by atoms with van der Waals surface area (Å²) in [7, 11) is 1.36. The van der Waals surface area contributed by atoms with Gasteiger partial charge in [-0.25, -0.2) is 4.79 Å². The molecule has 0 aliphatic heterocycles. The van der Waals surface area contributed by atoms with Crippen molar-refractivity contribution in [2.45, 2.75) is 13.8 Å². The Bertz CT molecular complexity index is 649. The maximum atomic E-state index is 11.7. The zero-order valence-corrected chi connectivity index (χ0v) is 13.3. The normalized spacial score (nSPS) is 10.5. The number of nitrogen functional groups attached to an aromatic ring is 1. The molecule has 0 aliphatic rings. The molecule has 0 atom stereocenters. The second-order valence-corrected chi connectivity index (χ2v) is 6.13. The Hall–Kier alpha value is -1.33. The fraction of sp³-hybridized carbons (Fsp3) is 0.214. The van der Waals surface area contributed by atoms with Crippen molar-refractivity contribution in [3.8, 4) is 10.4 Å². The van der Waals surface area contributed by atoms with Gasteiger partial charge in [0.1, 0.15) is 4.88 Å². The highest BCUT2D eigenvalue weighted by atomic mass is 79.9. The number of nitrogens with two attached hydrogens (primary N) is 1. The summed E-state index contributed by atoms with van der Waals surface area (Å²) in [5.41, 5.74) is 9.61. The van der Waals surface area contributed by atoms with Crippen LogP contribution >= 0.6 is 27.3 Å². The van der Waals surface area contributed by atoms with Crippen LogP contribution in [0.15, 0.2) is 22.7 Å². The van der Waals surface area contributed by atoms with Crippen LogP contribution in [-0.2, 0) is 4.74 Å². The summed E-state index contributed by atoms with van der Waals surface area (Å²) < 4.78 is 5.78. The Balaban J connectivity index is 2.57. The minimum absolute atomic E-state index is 0.386. The highest BCUT2D eigenvalue weighted by molar-refractivity contribution is 9.10. The highest BCUT2D eigenvalue weighted by Gasteiger charge is 2.20. The van der Waals surface area contributed by atoms with Crippen LogP contribution in [0, 0.1) is 13.8 Å². The molecule has 5 heteroatoms. The van der Waals surface area contributed by atoms with Crippen LogP contribution in [0.5, 0.6) is 0 Å². The van der Waals surface area contributed by atoms with Gasteiger partial charge in [0.2, 0.25) is 0 Å². The fourth-order valence-corrected chi connectivity index (χ4v) is 3.30. The third-order valence-corrected chi connectivity index (χ3v) is 5.19. The van der Waals surface area contributed by atoms with Gasteiger partial charge in [-0.2, -0.15) is 0 Å². The lowest BCUT2D eigenvalue weighted by Crippen LogP contribution is -2.01. The van der Waals surface area contributed by atoms with Crippen LogP contribution in [-0.4, -0.2) is 13.1 Å². The number of carbonyl (C=O) groups excluding carboxylic acids is 1. The van der Waals surface area contributed by atoms with E-state index in [1.54, 1.807) is 0 Å². The second kappa shape index (κ2) is 5.35. The van der Waals surface area contributed by atoms with Crippen molar-refractivity contribution < 1.29 is 9.53 Å². The predicted molar refractivity (Wildman–Crippen MR) is 82.7 cm³/mol. The van der Waals surface area contributed by atoms with Crippen LogP contribution in [0.3, 0.4) is 0 Å². The highest BCUT2D eigenvalue weighted by Crippen LogP contribution is 2.39. The number of hydrogen-bond acceptors (Lipinski definition) is 4. The summed E-state index contributed by atoms with van der Waals surface area (Å²) in [5, 5.41) is 0. The molecular weight excluding hydrogens is 326 g/mol. The molecule has 1 heterocycles. The van der Waals surface area contributed by atoms with Gasteiger partial charge in [0.05, 0.1) is 12.8 Å². The number of thiophene rings is 1. The van der Waals surface area contributed by atoms with Crippen molar-refractivity contribution in [2.24, 2.45) is 0 Å². The molecule has 0 amide bonds. The van der Waals surface area contributed by atoms with Gasteiger partial charge in [-0.1, -0.05) is 28.1 Å². The van der Waals surface area contributed by atoms with Crippen molar-refractivity contribution >= 4 is 38.9 Å². The predicted octanol–water partition coefficient (Wildman–Crippen LogP) is 4.16. The molecule has 100 valence electrons. The van der Waals surface area contributed by atoms with E-state index in [0.717, 1.165) is 20.5 Å². The minimum atomic E-state index is -0.386. The van der Waals surface area contributed by atoms with E-state index in [0.29, 0.717) is 10.6 Å². The first-order valence-electron chi connectivity index (χ1n) is 5.69. The largest absolute Gasteiger partial charge is 0.465 e. The fourth-order valence-electron chi connectivity index (χ4n) is 1.78. The summed E-state index contributed by atoms with van der Waals surface area (Å²) in [6.45, 7) is 3.95. The second-order valence-electron chi connectivity index (χ2n) is 4.25. The standard InChI is InChI=1S/C14H14BrNO2S/c1-7-4-5-9(6-10(7)15)12-8(2)11(16)13(19-12)14(17)18-3/h4-6H,16H2,1-3H3. The van der Waals surface area contributed by atoms with E-state index in [1.807, 2.05) is 32.0 Å². The third kappa shape index (κ3) is 2.53. The molecule has 2 rings (SSSR count). The van der Waals surface area contributed by atoms with Crippen LogP contribution in [0.4, 0.5) is 5.69 Å². The third-order valence-electron chi connectivity index (χ3n) is 3.00. The molecule has 19 heavy (non-hydrogen) atoms. The first-order chi connectivity index (χ1) is 8.95. The minimum Gasteiger partial charge on any atom is -0.465 e. The average molecular weight is 340 g/mol. The number of ether oxygens (including phenoxy) is 1. The van der Waals surface area contributed by atoms with E-state index in [-0.39, 0.29) is 5.97 Å². The maximum absolute atomic E-state index is 11.7. The maximum Gasteiger partial charge on any atom is 0.350 e. The number of aryl methyl sites for hydroxylation is 1. The Morgan fingerprint density at radius 3 is 2.63 bits per heavy atom. The summed E-state index contributed by atoms with van der Waals surface area (Å²) in [6.07, 6.45) is 0. The van der Waals surface area contributed by atoms with Gasteiger partial charge in [0.15, 0.2) is 0 Å². The number of esters is 1. The van der Waals surface area contributed by atoms with Crippen molar-refractivity contribution in [1.29, 1.82) is 0 Å². The Morgan fingerprint density at radius 2 is 2.05 bits per heavy atom. The summed E-state index contributed by atoms with van der Waals surface area (Å²) in [4.78, 5) is 13.1. The first kappa shape index (κ1) is 14.1. The number of rotatable bonds is 2. The Kier molecular flexibility index (Phi) is 3.96. The van der Waals surface area contributed by atoms with Crippen molar-refractivity contribution in [3.63, 3.8) is 0 Å². The number of anilines is 1. The number of carbonyl (C=O) groups is 1. The lowest BCUT2D eigenvalue weighted by Gasteiger charge is -2.03. The molecular formula is C14H14BrNO2S. The zero-order valence-electron chi connectivity index (χ0n) is 10.9. The van der Waals surface area contributed by atoms with Gasteiger partial charge in [0, 0.05) is 9.35 Å². The van der Waals surface area contributed by atoms with Crippen molar-refractivity contribution in [2.75, 3.05) is 12.8 Å². The number of hydrogen-bond donors (Lipinski definition) is 1. The summed E-state index contributed by atoms with van der Waals surface area (Å²) in [5.74, 6) is -0.386. The first-order valence-corrected chi connectivity index (χ1v) is 7.30. The lowest BCUT2D eigenvalue weighted by atomic mass is 10.1. The molecule has 1 aromatic heterocycles. The van der Waals surface area contributed by atoms with Gasteiger partial charge in [-0.05, 0) is 36.6 Å². The number of benzene rings is 1. The average Bonchev–Trinajstić information content (AvgIpc) is 2.69. The van der Waals surface area contributed by atoms with Crippen molar-refractivity contribution in [3.05, 3.63) is 38.7 Å². The quantitative estimate of drug-likeness (QED) is 0.835. The molecule has 3 nitrogen and oxygen atoms in total. The molecule has 0 aliphatic carbocycles. The van der Waals surface area contributed by atoms with E-state index in [9.17, 15) is 4.79 Å². The molecule has 0 unspecified atom stereocenters. The van der Waals surface area contributed by atoms with Gasteiger partial charge in [0.25, 0.3) is 0 Å². The summed E-state index contributed by atoms with van der Waals surface area (Å²) in [6, 6.07) is 6.10. The van der Waals surface area contributed by atoms with E-state index in [2.05, 4.69) is 15.9 Å². The number of halogens is 1. The molecule has 0 radical (unpaired) electrons. The lowest BCUT2D eigenvalue weighted by molar-refractivity contribution is 0.0607. The van der Waals surface area contributed by atoms with Gasteiger partial charge < -0.3 is 10.5 Å². The van der Waals surface area contributed by atoms with Crippen molar-refractivity contribution in [1.82, 2.24) is 0 Å². The van der Waals surface area contributed by atoms with E-state index < -0.39 is 0 Å². The van der Waals surface area contributed by atoms with Crippen LogP contribution in [0.25, 0.3) is 10.4 Å². The molecule has 2 N–H and O–H groups in total. The Labute approximate surface area is 124 Å². The molecule has 0 spiro atoms. The molecule has 0 saturated carbocycles. The molecule has 0 saturated heterocycles. The zero-order chi connectivity index (χ0) is 14.2. The van der Waals surface area contributed by atoms with Gasteiger partial charge >= 0.3 is 5.97 Å². The smallest absolute Gasteiger partial charge is 0.350 e.